The van der Waals surface area contributed by atoms with Gasteiger partial charge in [-0.05, 0) is 43.4 Å². The Bertz CT molecular complexity index is 463. The Labute approximate surface area is 129 Å². The first kappa shape index (κ1) is 16.3. The Kier molecular flexibility index (Phi) is 5.26. The average molecular weight is 290 g/mol. The molecule has 0 amide bonds. The highest BCUT2D eigenvalue weighted by molar-refractivity contribution is 5.45. The van der Waals surface area contributed by atoms with E-state index in [1.807, 2.05) is 6.07 Å². The van der Waals surface area contributed by atoms with Crippen LogP contribution in [0.15, 0.2) is 12.1 Å². The van der Waals surface area contributed by atoms with Gasteiger partial charge in [-0.25, -0.2) is 4.98 Å². The first-order valence-electron chi connectivity index (χ1n) is 8.34. The molecule has 1 aromatic heterocycles. The molecule has 1 fully saturated rings. The molecule has 118 valence electrons. The molecule has 1 N–H and O–H groups in total. The molecular weight excluding hydrogens is 260 g/mol. The van der Waals surface area contributed by atoms with Crippen molar-refractivity contribution in [3.05, 3.63) is 23.4 Å². The largest absolute Gasteiger partial charge is 0.392 e. The van der Waals surface area contributed by atoms with Crippen molar-refractivity contribution in [3.63, 3.8) is 0 Å². The summed E-state index contributed by atoms with van der Waals surface area (Å²) in [7, 11) is 0. The monoisotopic (exact) mass is 290 g/mol. The van der Waals surface area contributed by atoms with Gasteiger partial charge in [0.2, 0.25) is 0 Å². The number of aliphatic hydroxyl groups excluding tert-OH is 1. The third-order valence-electron chi connectivity index (χ3n) is 4.37. The Morgan fingerprint density at radius 1 is 1.29 bits per heavy atom. The molecule has 0 bridgehead atoms. The molecular formula is C18H30N2O. The number of nitrogens with zero attached hydrogens (tertiary/aromatic N) is 2. The fourth-order valence-electron chi connectivity index (χ4n) is 3.13. The lowest BCUT2D eigenvalue weighted by molar-refractivity contribution is 0.281. The van der Waals surface area contributed by atoms with Crippen LogP contribution in [-0.4, -0.2) is 22.7 Å². The summed E-state index contributed by atoms with van der Waals surface area (Å²) in [6, 6.07) is 4.73. The summed E-state index contributed by atoms with van der Waals surface area (Å²) in [5.74, 6) is 1.06. The number of anilines is 1. The van der Waals surface area contributed by atoms with Crippen LogP contribution >= 0.6 is 0 Å². The van der Waals surface area contributed by atoms with Gasteiger partial charge >= 0.3 is 0 Å². The molecule has 1 atom stereocenters. The molecule has 0 aromatic carbocycles. The third-order valence-corrected chi connectivity index (χ3v) is 4.37. The molecule has 21 heavy (non-hydrogen) atoms. The highest BCUT2D eigenvalue weighted by atomic mass is 16.3. The van der Waals surface area contributed by atoms with Crippen LogP contribution in [0.5, 0.6) is 0 Å². The Hall–Kier alpha value is -1.09. The van der Waals surface area contributed by atoms with Crippen molar-refractivity contribution in [2.75, 3.05) is 11.4 Å². The van der Waals surface area contributed by atoms with Gasteiger partial charge in [0.25, 0.3) is 0 Å². The van der Waals surface area contributed by atoms with Gasteiger partial charge in [-0.3, -0.25) is 0 Å². The molecule has 1 aliphatic rings. The maximum Gasteiger partial charge on any atom is 0.129 e. The van der Waals surface area contributed by atoms with Crippen LogP contribution in [0.1, 0.15) is 71.1 Å². The molecule has 1 aliphatic heterocycles. The minimum atomic E-state index is 0.00989. The molecule has 0 aliphatic carbocycles. The SMILES string of the molecule is CCCC1CCCCN1c1cc(CO)cc(C(C)(C)C)n1. The predicted octanol–water partition coefficient (Wildman–Crippen LogP) is 4.03. The number of aromatic nitrogens is 1. The van der Waals surface area contributed by atoms with Crippen molar-refractivity contribution >= 4 is 5.82 Å². The minimum Gasteiger partial charge on any atom is -0.392 e. The van der Waals surface area contributed by atoms with Crippen LogP contribution in [0.4, 0.5) is 5.82 Å². The lowest BCUT2D eigenvalue weighted by Crippen LogP contribution is -2.40. The van der Waals surface area contributed by atoms with Crippen molar-refractivity contribution in [1.29, 1.82) is 0 Å². The summed E-state index contributed by atoms with van der Waals surface area (Å²) < 4.78 is 0. The lowest BCUT2D eigenvalue weighted by atomic mass is 9.90. The maximum atomic E-state index is 9.57. The number of piperidine rings is 1. The van der Waals surface area contributed by atoms with E-state index in [9.17, 15) is 5.11 Å². The fraction of sp³-hybridized carbons (Fsp3) is 0.722. The van der Waals surface area contributed by atoms with Crippen molar-refractivity contribution in [1.82, 2.24) is 4.98 Å². The van der Waals surface area contributed by atoms with E-state index >= 15 is 0 Å². The molecule has 2 heterocycles. The second-order valence-electron chi connectivity index (χ2n) is 7.26. The summed E-state index contributed by atoms with van der Waals surface area (Å²) in [4.78, 5) is 7.40. The number of pyridine rings is 1. The van der Waals surface area contributed by atoms with E-state index in [2.05, 4.69) is 38.7 Å². The highest BCUT2D eigenvalue weighted by Crippen LogP contribution is 2.30. The van der Waals surface area contributed by atoms with E-state index in [1.165, 1.54) is 32.1 Å². The normalized spacial score (nSPS) is 19.9. The molecule has 0 spiro atoms. The zero-order chi connectivity index (χ0) is 15.5. The van der Waals surface area contributed by atoms with Crippen molar-refractivity contribution in [2.24, 2.45) is 0 Å². The van der Waals surface area contributed by atoms with E-state index in [-0.39, 0.29) is 12.0 Å². The standard InChI is InChI=1S/C18H30N2O/c1-5-8-15-9-6-7-10-20(15)17-12-14(13-21)11-16(19-17)18(2,3)4/h11-12,15,21H,5-10,13H2,1-4H3. The van der Waals surface area contributed by atoms with Gasteiger partial charge < -0.3 is 10.0 Å². The molecule has 0 saturated carbocycles. The molecule has 1 unspecified atom stereocenters. The molecule has 2 rings (SSSR count). The molecule has 3 nitrogen and oxygen atoms in total. The second-order valence-corrected chi connectivity index (χ2v) is 7.26. The second kappa shape index (κ2) is 6.78. The van der Waals surface area contributed by atoms with E-state index in [1.54, 1.807) is 0 Å². The Morgan fingerprint density at radius 3 is 2.67 bits per heavy atom. The van der Waals surface area contributed by atoms with Gasteiger partial charge in [0.15, 0.2) is 0 Å². The van der Waals surface area contributed by atoms with E-state index in [0.29, 0.717) is 6.04 Å². The molecule has 0 radical (unpaired) electrons. The van der Waals surface area contributed by atoms with E-state index in [0.717, 1.165) is 23.6 Å². The van der Waals surface area contributed by atoms with Gasteiger partial charge in [-0.2, -0.15) is 0 Å². The third kappa shape index (κ3) is 3.97. The maximum absolute atomic E-state index is 9.57. The van der Waals surface area contributed by atoms with Crippen LogP contribution in [-0.2, 0) is 12.0 Å². The van der Waals surface area contributed by atoms with Crippen molar-refractivity contribution in [2.45, 2.75) is 77.9 Å². The fourth-order valence-corrected chi connectivity index (χ4v) is 3.13. The highest BCUT2D eigenvalue weighted by Gasteiger charge is 2.25. The first-order chi connectivity index (χ1) is 9.95. The summed E-state index contributed by atoms with van der Waals surface area (Å²) in [5.41, 5.74) is 2.06. The molecule has 3 heteroatoms. The van der Waals surface area contributed by atoms with Crippen LogP contribution in [0.2, 0.25) is 0 Å². The zero-order valence-electron chi connectivity index (χ0n) is 14.0. The van der Waals surface area contributed by atoms with E-state index in [4.69, 9.17) is 4.98 Å². The van der Waals surface area contributed by atoms with Crippen LogP contribution in [0.25, 0.3) is 0 Å². The zero-order valence-corrected chi connectivity index (χ0v) is 14.0. The summed E-state index contributed by atoms with van der Waals surface area (Å²) in [6.07, 6.45) is 6.29. The first-order valence-corrected chi connectivity index (χ1v) is 8.34. The topological polar surface area (TPSA) is 36.4 Å². The number of hydrogen-bond acceptors (Lipinski definition) is 3. The number of aliphatic hydroxyl groups is 1. The van der Waals surface area contributed by atoms with Crippen molar-refractivity contribution in [3.8, 4) is 0 Å². The Morgan fingerprint density at radius 2 is 2.05 bits per heavy atom. The summed E-state index contributed by atoms with van der Waals surface area (Å²) in [5, 5.41) is 9.57. The van der Waals surface area contributed by atoms with Gasteiger partial charge in [-0.1, -0.05) is 34.1 Å². The van der Waals surface area contributed by atoms with Crippen LogP contribution in [0, 0.1) is 0 Å². The minimum absolute atomic E-state index is 0.00989. The van der Waals surface area contributed by atoms with Gasteiger partial charge in [0.05, 0.1) is 6.61 Å². The summed E-state index contributed by atoms with van der Waals surface area (Å²) >= 11 is 0. The quantitative estimate of drug-likeness (QED) is 0.909. The van der Waals surface area contributed by atoms with E-state index < -0.39 is 0 Å². The lowest BCUT2D eigenvalue weighted by Gasteiger charge is -2.37. The average Bonchev–Trinajstić information content (AvgIpc) is 2.47. The molecule has 1 saturated heterocycles. The van der Waals surface area contributed by atoms with Crippen LogP contribution in [0.3, 0.4) is 0 Å². The van der Waals surface area contributed by atoms with Gasteiger partial charge in [0, 0.05) is 23.7 Å². The predicted molar refractivity (Wildman–Crippen MR) is 88.8 cm³/mol. The van der Waals surface area contributed by atoms with Crippen LogP contribution < -0.4 is 4.90 Å². The van der Waals surface area contributed by atoms with Crippen molar-refractivity contribution < 1.29 is 5.11 Å². The smallest absolute Gasteiger partial charge is 0.129 e. The Balaban J connectivity index is 2.36. The molecule has 1 aromatic rings. The number of rotatable bonds is 4. The summed E-state index contributed by atoms with van der Waals surface area (Å²) in [6.45, 7) is 9.98. The number of hydrogen-bond donors (Lipinski definition) is 1. The van der Waals surface area contributed by atoms with Gasteiger partial charge in [0.1, 0.15) is 5.82 Å². The van der Waals surface area contributed by atoms with Gasteiger partial charge in [-0.15, -0.1) is 0 Å².